The van der Waals surface area contributed by atoms with E-state index in [9.17, 15) is 14.4 Å². The van der Waals surface area contributed by atoms with E-state index >= 15 is 0 Å². The molecule has 0 unspecified atom stereocenters. The van der Waals surface area contributed by atoms with Crippen LogP contribution in [0.4, 0.5) is 0 Å². The van der Waals surface area contributed by atoms with Gasteiger partial charge in [-0.15, -0.1) is 0 Å². The van der Waals surface area contributed by atoms with Crippen molar-refractivity contribution in [3.8, 4) is 0 Å². The maximum atomic E-state index is 12.3. The van der Waals surface area contributed by atoms with Crippen LogP contribution in [-0.2, 0) is 17.9 Å². The number of nitrogens with one attached hydrogen (secondary N) is 1. The second-order valence-corrected chi connectivity index (χ2v) is 4.86. The molecule has 1 N–H and O–H groups in total. The van der Waals surface area contributed by atoms with Crippen molar-refractivity contribution in [2.45, 2.75) is 32.9 Å². The van der Waals surface area contributed by atoms with Gasteiger partial charge in [-0.25, -0.2) is 0 Å². The Morgan fingerprint density at radius 1 is 1.10 bits per heavy atom. The molecule has 0 radical (unpaired) electrons. The van der Waals surface area contributed by atoms with E-state index < -0.39 is 11.1 Å². The maximum Gasteiger partial charge on any atom is 0.317 e. The summed E-state index contributed by atoms with van der Waals surface area (Å²) >= 11 is 0. The van der Waals surface area contributed by atoms with Crippen LogP contribution in [0.1, 0.15) is 19.8 Å². The van der Waals surface area contributed by atoms with Gasteiger partial charge in [-0.05, 0) is 18.6 Å². The fraction of sp³-hybridized carbons (Fsp3) is 0.400. The van der Waals surface area contributed by atoms with Crippen molar-refractivity contribution in [3.05, 3.63) is 45.0 Å². The molecule has 6 heteroatoms. The number of likely N-dealkylation sites (N-methyl/N-ethyl adjacent to an activating group) is 1. The monoisotopic (exact) mass is 289 g/mol. The molecule has 112 valence electrons. The van der Waals surface area contributed by atoms with Crippen LogP contribution in [0.15, 0.2) is 33.9 Å². The fourth-order valence-corrected chi connectivity index (χ4v) is 2.29. The van der Waals surface area contributed by atoms with Gasteiger partial charge >= 0.3 is 11.1 Å². The van der Waals surface area contributed by atoms with Gasteiger partial charge in [0, 0.05) is 13.6 Å². The number of aryl methyl sites for hydroxylation is 1. The van der Waals surface area contributed by atoms with Gasteiger partial charge in [-0.1, -0.05) is 25.5 Å². The van der Waals surface area contributed by atoms with Crippen molar-refractivity contribution in [2.24, 2.45) is 0 Å². The zero-order chi connectivity index (χ0) is 15.4. The number of unbranched alkanes of at least 4 members (excludes halogenated alkanes) is 1. The third-order valence-corrected chi connectivity index (χ3v) is 3.45. The fourth-order valence-electron chi connectivity index (χ4n) is 2.29. The van der Waals surface area contributed by atoms with Crippen LogP contribution in [0.2, 0.25) is 0 Å². The first-order valence-corrected chi connectivity index (χ1v) is 7.03. The van der Waals surface area contributed by atoms with Gasteiger partial charge in [0.05, 0.1) is 11.0 Å². The lowest BCUT2D eigenvalue weighted by molar-refractivity contribution is -0.121. The van der Waals surface area contributed by atoms with E-state index in [4.69, 9.17) is 0 Å². The van der Waals surface area contributed by atoms with Crippen LogP contribution in [0, 0.1) is 0 Å². The molecule has 1 heterocycles. The van der Waals surface area contributed by atoms with E-state index in [1.165, 1.54) is 16.2 Å². The highest BCUT2D eigenvalue weighted by molar-refractivity contribution is 5.80. The molecule has 0 aliphatic rings. The molecule has 1 aromatic carbocycles. The summed E-state index contributed by atoms with van der Waals surface area (Å²) < 4.78 is 2.74. The minimum atomic E-state index is -0.659. The van der Waals surface area contributed by atoms with Gasteiger partial charge < -0.3 is 9.88 Å². The highest BCUT2D eigenvalue weighted by Crippen LogP contribution is 2.11. The lowest BCUT2D eigenvalue weighted by Crippen LogP contribution is -2.43. The van der Waals surface area contributed by atoms with E-state index in [2.05, 4.69) is 5.32 Å². The summed E-state index contributed by atoms with van der Waals surface area (Å²) in [4.78, 5) is 36.1. The molecule has 0 fully saturated rings. The number of carbonyl (C=O) groups is 1. The number of amides is 1. The Balaban J connectivity index is 2.72. The Kier molecular flexibility index (Phi) is 4.57. The highest BCUT2D eigenvalue weighted by Gasteiger charge is 2.14. The molecule has 0 aliphatic carbocycles. The van der Waals surface area contributed by atoms with Crippen LogP contribution >= 0.6 is 0 Å². The van der Waals surface area contributed by atoms with Crippen LogP contribution in [0.5, 0.6) is 0 Å². The second kappa shape index (κ2) is 6.39. The van der Waals surface area contributed by atoms with Crippen molar-refractivity contribution in [1.82, 2.24) is 14.5 Å². The largest absolute Gasteiger partial charge is 0.358 e. The first kappa shape index (κ1) is 15.0. The quantitative estimate of drug-likeness (QED) is 0.824. The number of aromatic nitrogens is 2. The number of fused-ring (bicyclic) bond motifs is 1. The van der Waals surface area contributed by atoms with Gasteiger partial charge in [-0.3, -0.25) is 19.0 Å². The second-order valence-electron chi connectivity index (χ2n) is 4.86. The van der Waals surface area contributed by atoms with Crippen molar-refractivity contribution < 1.29 is 4.79 Å². The van der Waals surface area contributed by atoms with Crippen molar-refractivity contribution in [1.29, 1.82) is 0 Å². The van der Waals surface area contributed by atoms with Crippen LogP contribution in [-0.4, -0.2) is 22.1 Å². The molecular weight excluding hydrogens is 270 g/mol. The first-order valence-electron chi connectivity index (χ1n) is 7.03. The van der Waals surface area contributed by atoms with Gasteiger partial charge in [0.2, 0.25) is 5.91 Å². The zero-order valence-corrected chi connectivity index (χ0v) is 12.3. The number of para-hydroxylation sites is 2. The SMILES string of the molecule is CCCCn1c(=O)c(=O)n(CC(=O)NC)c2ccccc21. The Bertz CT molecular complexity index is 774. The van der Waals surface area contributed by atoms with E-state index in [1.807, 2.05) is 13.0 Å². The number of hydrogen-bond acceptors (Lipinski definition) is 3. The molecule has 2 aromatic rings. The van der Waals surface area contributed by atoms with E-state index in [-0.39, 0.29) is 12.5 Å². The third kappa shape index (κ3) is 2.89. The normalized spacial score (nSPS) is 10.8. The van der Waals surface area contributed by atoms with Gasteiger partial charge in [-0.2, -0.15) is 0 Å². The van der Waals surface area contributed by atoms with E-state index in [1.54, 1.807) is 18.2 Å². The minimum Gasteiger partial charge on any atom is -0.358 e. The maximum absolute atomic E-state index is 12.3. The topological polar surface area (TPSA) is 73.1 Å². The van der Waals surface area contributed by atoms with Gasteiger partial charge in [0.15, 0.2) is 0 Å². The third-order valence-electron chi connectivity index (χ3n) is 3.45. The van der Waals surface area contributed by atoms with E-state index in [0.717, 1.165) is 12.8 Å². The summed E-state index contributed by atoms with van der Waals surface area (Å²) in [6.45, 7) is 2.38. The Morgan fingerprint density at radius 3 is 2.24 bits per heavy atom. The smallest absolute Gasteiger partial charge is 0.317 e. The first-order chi connectivity index (χ1) is 10.1. The Hall–Kier alpha value is -2.37. The average molecular weight is 289 g/mol. The van der Waals surface area contributed by atoms with E-state index in [0.29, 0.717) is 17.6 Å². The number of hydrogen-bond donors (Lipinski definition) is 1. The van der Waals surface area contributed by atoms with Crippen molar-refractivity contribution >= 4 is 16.9 Å². The molecule has 0 saturated carbocycles. The van der Waals surface area contributed by atoms with Crippen LogP contribution in [0.25, 0.3) is 11.0 Å². The molecule has 0 bridgehead atoms. The molecule has 1 amide bonds. The lowest BCUT2D eigenvalue weighted by atomic mass is 10.2. The summed E-state index contributed by atoms with van der Waals surface area (Å²) in [7, 11) is 1.50. The lowest BCUT2D eigenvalue weighted by Gasteiger charge is -2.14. The van der Waals surface area contributed by atoms with Crippen molar-refractivity contribution in [3.63, 3.8) is 0 Å². The summed E-state index contributed by atoms with van der Waals surface area (Å²) in [6, 6.07) is 7.16. The predicted octanol–water partition coefficient (Wildman–Crippen LogP) is 0.709. The number of nitrogens with zero attached hydrogens (tertiary/aromatic N) is 2. The summed E-state index contributed by atoms with van der Waals surface area (Å²) in [6.07, 6.45) is 1.75. The average Bonchev–Trinajstić information content (AvgIpc) is 2.51. The molecular formula is C15H19N3O3. The molecule has 21 heavy (non-hydrogen) atoms. The molecule has 0 spiro atoms. The minimum absolute atomic E-state index is 0.153. The molecule has 0 atom stereocenters. The zero-order valence-electron chi connectivity index (χ0n) is 12.3. The summed E-state index contributed by atoms with van der Waals surface area (Å²) in [5.74, 6) is -0.312. The number of carbonyl (C=O) groups excluding carboxylic acids is 1. The van der Waals surface area contributed by atoms with Crippen molar-refractivity contribution in [2.75, 3.05) is 7.05 Å². The Morgan fingerprint density at radius 2 is 1.67 bits per heavy atom. The van der Waals surface area contributed by atoms with Crippen LogP contribution in [0.3, 0.4) is 0 Å². The molecule has 6 nitrogen and oxygen atoms in total. The number of rotatable bonds is 5. The molecule has 2 rings (SSSR count). The summed E-state index contributed by atoms with van der Waals surface area (Å²) in [5, 5.41) is 2.47. The number of benzene rings is 1. The Labute approximate surface area is 122 Å². The molecule has 0 saturated heterocycles. The predicted molar refractivity (Wildman–Crippen MR) is 81.4 cm³/mol. The standard InChI is InChI=1S/C15H19N3O3/c1-3-4-9-17-11-7-5-6-8-12(11)18(10-13(19)16-2)15(21)14(17)20/h5-8H,3-4,9-10H2,1-2H3,(H,16,19). The highest BCUT2D eigenvalue weighted by atomic mass is 16.2. The van der Waals surface area contributed by atoms with Crippen LogP contribution < -0.4 is 16.4 Å². The van der Waals surface area contributed by atoms with Gasteiger partial charge in [0.25, 0.3) is 0 Å². The molecule has 0 aliphatic heterocycles. The molecule has 1 aromatic heterocycles. The summed E-state index contributed by atoms with van der Waals surface area (Å²) in [5.41, 5.74) is 0.0423. The van der Waals surface area contributed by atoms with Gasteiger partial charge in [0.1, 0.15) is 6.54 Å².